The van der Waals surface area contributed by atoms with Gasteiger partial charge in [-0.1, -0.05) is 51.7 Å². The lowest BCUT2D eigenvalue weighted by Crippen LogP contribution is -2.28. The van der Waals surface area contributed by atoms with Gasteiger partial charge < -0.3 is 10.1 Å². The lowest BCUT2D eigenvalue weighted by Gasteiger charge is -2.15. The molecular weight excluding hydrogens is 286 g/mol. The summed E-state index contributed by atoms with van der Waals surface area (Å²) < 4.78 is 5.89. The molecule has 0 radical (unpaired) electrons. The van der Waals surface area contributed by atoms with Gasteiger partial charge in [-0.2, -0.15) is 0 Å². The van der Waals surface area contributed by atoms with E-state index in [4.69, 9.17) is 4.74 Å². The van der Waals surface area contributed by atoms with Crippen LogP contribution in [-0.2, 0) is 4.79 Å². The second-order valence-electron chi connectivity index (χ2n) is 7.08. The Labute approximate surface area is 140 Å². The zero-order valence-electron chi connectivity index (χ0n) is 14.9. The Hall–Kier alpha value is -1.51. The number of hydrogen-bond donors (Lipinski definition) is 1. The van der Waals surface area contributed by atoms with Gasteiger partial charge in [0.15, 0.2) is 0 Å². The van der Waals surface area contributed by atoms with Crippen molar-refractivity contribution in [3.8, 4) is 5.75 Å². The zero-order chi connectivity index (χ0) is 16.7. The third-order valence-corrected chi connectivity index (χ3v) is 4.73. The number of amides is 1. The van der Waals surface area contributed by atoms with Crippen molar-refractivity contribution >= 4 is 5.91 Å². The van der Waals surface area contributed by atoms with Crippen LogP contribution in [0.25, 0.3) is 0 Å². The van der Waals surface area contributed by atoms with E-state index in [1.807, 2.05) is 0 Å². The molecule has 0 unspecified atom stereocenters. The second kappa shape index (κ2) is 8.95. The van der Waals surface area contributed by atoms with E-state index in [1.165, 1.54) is 36.8 Å². The molecule has 3 nitrogen and oxygen atoms in total. The van der Waals surface area contributed by atoms with Crippen LogP contribution in [0.3, 0.4) is 0 Å². The van der Waals surface area contributed by atoms with Crippen LogP contribution in [-0.4, -0.2) is 19.1 Å². The first-order valence-electron chi connectivity index (χ1n) is 9.06. The first kappa shape index (κ1) is 17.8. The molecule has 3 heteroatoms. The smallest absolute Gasteiger partial charge is 0.220 e. The predicted octanol–water partition coefficient (Wildman–Crippen LogP) is 4.58. The Balaban J connectivity index is 1.68. The molecule has 1 aliphatic rings. The highest BCUT2D eigenvalue weighted by atomic mass is 16.5. The van der Waals surface area contributed by atoms with Crippen molar-refractivity contribution in [1.82, 2.24) is 5.32 Å². The normalized spacial score (nSPS) is 15.1. The Morgan fingerprint density at radius 1 is 1.30 bits per heavy atom. The Kier molecular flexibility index (Phi) is 6.94. The summed E-state index contributed by atoms with van der Waals surface area (Å²) in [6.07, 6.45) is 7.00. The molecule has 0 atom stereocenters. The van der Waals surface area contributed by atoms with Crippen LogP contribution in [0.4, 0.5) is 0 Å². The van der Waals surface area contributed by atoms with E-state index < -0.39 is 0 Å². The number of ether oxygens (including phenoxy) is 1. The Bertz CT molecular complexity index is 504. The van der Waals surface area contributed by atoms with E-state index in [1.54, 1.807) is 0 Å². The summed E-state index contributed by atoms with van der Waals surface area (Å²) in [5.41, 5.74) is 2.42. The topological polar surface area (TPSA) is 38.3 Å². The number of aryl methyl sites for hydroxylation is 1. The van der Waals surface area contributed by atoms with Crippen LogP contribution in [0.5, 0.6) is 5.75 Å². The molecule has 1 aromatic rings. The van der Waals surface area contributed by atoms with Gasteiger partial charge >= 0.3 is 0 Å². The standard InChI is InChI=1S/C20H31NO2/c1-15(2)18-10-8-16(3)14-19(18)23-13-12-21-20(22)11-9-17-6-4-5-7-17/h8,10,14-15,17H,4-7,9,11-13H2,1-3H3,(H,21,22). The van der Waals surface area contributed by atoms with Crippen LogP contribution < -0.4 is 10.1 Å². The second-order valence-corrected chi connectivity index (χ2v) is 7.08. The van der Waals surface area contributed by atoms with Gasteiger partial charge in [-0.05, 0) is 42.4 Å². The number of carbonyl (C=O) groups is 1. The fourth-order valence-corrected chi connectivity index (χ4v) is 3.32. The molecule has 0 spiro atoms. The quantitative estimate of drug-likeness (QED) is 0.712. The number of hydrogen-bond acceptors (Lipinski definition) is 2. The van der Waals surface area contributed by atoms with Gasteiger partial charge in [0.25, 0.3) is 0 Å². The number of rotatable bonds is 8. The summed E-state index contributed by atoms with van der Waals surface area (Å²) in [6, 6.07) is 6.33. The largest absolute Gasteiger partial charge is 0.491 e. The maximum atomic E-state index is 11.9. The molecule has 2 rings (SSSR count). The summed E-state index contributed by atoms with van der Waals surface area (Å²) in [6.45, 7) is 7.51. The third kappa shape index (κ3) is 5.89. The molecular formula is C20H31NO2. The first-order valence-corrected chi connectivity index (χ1v) is 9.06. The molecule has 0 heterocycles. The summed E-state index contributed by atoms with van der Waals surface area (Å²) in [4.78, 5) is 11.9. The molecule has 1 amide bonds. The first-order chi connectivity index (χ1) is 11.1. The van der Waals surface area contributed by atoms with E-state index in [2.05, 4.69) is 44.3 Å². The molecule has 23 heavy (non-hydrogen) atoms. The molecule has 1 fully saturated rings. The molecule has 0 bridgehead atoms. The van der Waals surface area contributed by atoms with Crippen molar-refractivity contribution in [2.45, 2.75) is 65.2 Å². The summed E-state index contributed by atoms with van der Waals surface area (Å²) in [5.74, 6) is 2.32. The minimum Gasteiger partial charge on any atom is -0.491 e. The summed E-state index contributed by atoms with van der Waals surface area (Å²) in [7, 11) is 0. The van der Waals surface area contributed by atoms with Gasteiger partial charge in [-0.15, -0.1) is 0 Å². The Morgan fingerprint density at radius 3 is 2.74 bits per heavy atom. The van der Waals surface area contributed by atoms with E-state index in [-0.39, 0.29) is 5.91 Å². The van der Waals surface area contributed by atoms with E-state index >= 15 is 0 Å². The van der Waals surface area contributed by atoms with Crippen molar-refractivity contribution < 1.29 is 9.53 Å². The lowest BCUT2D eigenvalue weighted by atomic mass is 10.0. The van der Waals surface area contributed by atoms with Crippen molar-refractivity contribution in [3.05, 3.63) is 29.3 Å². The fourth-order valence-electron chi connectivity index (χ4n) is 3.32. The van der Waals surface area contributed by atoms with Gasteiger partial charge in [0.2, 0.25) is 5.91 Å². The summed E-state index contributed by atoms with van der Waals surface area (Å²) >= 11 is 0. The molecule has 0 aromatic heterocycles. The third-order valence-electron chi connectivity index (χ3n) is 4.73. The SMILES string of the molecule is Cc1ccc(C(C)C)c(OCCNC(=O)CCC2CCCC2)c1. The lowest BCUT2D eigenvalue weighted by molar-refractivity contribution is -0.121. The van der Waals surface area contributed by atoms with Crippen LogP contribution in [0.15, 0.2) is 18.2 Å². The van der Waals surface area contributed by atoms with Gasteiger partial charge in [0.05, 0.1) is 6.54 Å². The maximum absolute atomic E-state index is 11.9. The highest BCUT2D eigenvalue weighted by Crippen LogP contribution is 2.28. The van der Waals surface area contributed by atoms with Crippen LogP contribution in [0, 0.1) is 12.8 Å². The van der Waals surface area contributed by atoms with Gasteiger partial charge in [-0.3, -0.25) is 4.79 Å². The highest BCUT2D eigenvalue weighted by molar-refractivity contribution is 5.75. The number of nitrogens with one attached hydrogen (secondary N) is 1. The average molecular weight is 317 g/mol. The molecule has 1 saturated carbocycles. The minimum absolute atomic E-state index is 0.161. The number of benzene rings is 1. The fraction of sp³-hybridized carbons (Fsp3) is 0.650. The van der Waals surface area contributed by atoms with Crippen molar-refractivity contribution in [3.63, 3.8) is 0 Å². The maximum Gasteiger partial charge on any atom is 0.220 e. The average Bonchev–Trinajstić information content (AvgIpc) is 3.02. The van der Waals surface area contributed by atoms with E-state index in [9.17, 15) is 4.79 Å². The number of carbonyl (C=O) groups excluding carboxylic acids is 1. The molecule has 128 valence electrons. The molecule has 0 saturated heterocycles. The van der Waals surface area contributed by atoms with Crippen LogP contribution in [0.1, 0.15) is 69.4 Å². The van der Waals surface area contributed by atoms with Gasteiger partial charge in [-0.25, -0.2) is 0 Å². The summed E-state index contributed by atoms with van der Waals surface area (Å²) in [5, 5.41) is 2.98. The van der Waals surface area contributed by atoms with Gasteiger partial charge in [0, 0.05) is 6.42 Å². The predicted molar refractivity (Wildman–Crippen MR) is 95.0 cm³/mol. The molecule has 0 aliphatic heterocycles. The Morgan fingerprint density at radius 2 is 2.04 bits per heavy atom. The van der Waals surface area contributed by atoms with Crippen LogP contribution >= 0.6 is 0 Å². The zero-order valence-corrected chi connectivity index (χ0v) is 14.9. The molecule has 1 aromatic carbocycles. The monoisotopic (exact) mass is 317 g/mol. The van der Waals surface area contributed by atoms with E-state index in [0.29, 0.717) is 25.5 Å². The molecule has 1 aliphatic carbocycles. The van der Waals surface area contributed by atoms with Crippen molar-refractivity contribution in [1.29, 1.82) is 0 Å². The van der Waals surface area contributed by atoms with Gasteiger partial charge in [0.1, 0.15) is 12.4 Å². The van der Waals surface area contributed by atoms with Crippen molar-refractivity contribution in [2.24, 2.45) is 5.92 Å². The molecule has 1 N–H and O–H groups in total. The highest BCUT2D eigenvalue weighted by Gasteiger charge is 2.16. The van der Waals surface area contributed by atoms with E-state index in [0.717, 1.165) is 18.1 Å². The van der Waals surface area contributed by atoms with Crippen molar-refractivity contribution in [2.75, 3.05) is 13.2 Å². The minimum atomic E-state index is 0.161. The van der Waals surface area contributed by atoms with Crippen LogP contribution in [0.2, 0.25) is 0 Å².